The lowest BCUT2D eigenvalue weighted by Gasteiger charge is -2.02. The molecule has 112 valence electrons. The Morgan fingerprint density at radius 1 is 1.14 bits per heavy atom. The first-order valence-electron chi connectivity index (χ1n) is 6.95. The van der Waals surface area contributed by atoms with Crippen molar-refractivity contribution >= 4 is 22.6 Å². The predicted molar refractivity (Wildman–Crippen MR) is 95.0 cm³/mol. The lowest BCUT2D eigenvalue weighted by Crippen LogP contribution is -2.00. The number of halogens is 1. The number of hydrogen-bond donors (Lipinski definition) is 0. The molecular formula is C17H16IN3O. The number of ether oxygens (including phenoxy) is 1. The standard InChI is InChI=1S/C17H16IN3O/c1-12-4-3-5-15(19-12)17-16(22-2)11-21(20-17)10-13-6-8-14(18)9-7-13/h3-9,11H,10H2,1-2H3. The lowest BCUT2D eigenvalue weighted by atomic mass is 10.2. The summed E-state index contributed by atoms with van der Waals surface area (Å²) >= 11 is 2.30. The van der Waals surface area contributed by atoms with Crippen molar-refractivity contribution in [3.63, 3.8) is 0 Å². The highest BCUT2D eigenvalue weighted by atomic mass is 127. The summed E-state index contributed by atoms with van der Waals surface area (Å²) < 4.78 is 8.57. The van der Waals surface area contributed by atoms with E-state index in [4.69, 9.17) is 4.74 Å². The summed E-state index contributed by atoms with van der Waals surface area (Å²) in [7, 11) is 1.66. The highest BCUT2D eigenvalue weighted by Crippen LogP contribution is 2.27. The van der Waals surface area contributed by atoms with E-state index in [9.17, 15) is 0 Å². The van der Waals surface area contributed by atoms with Crippen molar-refractivity contribution in [1.82, 2.24) is 14.8 Å². The smallest absolute Gasteiger partial charge is 0.166 e. The molecule has 0 saturated carbocycles. The Labute approximate surface area is 143 Å². The average molecular weight is 405 g/mol. The summed E-state index contributed by atoms with van der Waals surface area (Å²) in [5.74, 6) is 0.739. The van der Waals surface area contributed by atoms with Crippen LogP contribution in [-0.2, 0) is 6.54 Å². The molecule has 0 unspecified atom stereocenters. The van der Waals surface area contributed by atoms with E-state index in [0.29, 0.717) is 6.54 Å². The van der Waals surface area contributed by atoms with Crippen molar-refractivity contribution in [3.8, 4) is 17.1 Å². The van der Waals surface area contributed by atoms with Gasteiger partial charge in [-0.05, 0) is 59.3 Å². The Hall–Kier alpha value is -1.89. The van der Waals surface area contributed by atoms with Gasteiger partial charge >= 0.3 is 0 Å². The third kappa shape index (κ3) is 3.30. The number of benzene rings is 1. The minimum Gasteiger partial charge on any atom is -0.493 e. The van der Waals surface area contributed by atoms with E-state index in [-0.39, 0.29) is 0 Å². The van der Waals surface area contributed by atoms with Crippen molar-refractivity contribution in [3.05, 3.63) is 63.5 Å². The monoisotopic (exact) mass is 405 g/mol. The number of methoxy groups -OCH3 is 1. The lowest BCUT2D eigenvalue weighted by molar-refractivity contribution is 0.415. The summed E-state index contributed by atoms with van der Waals surface area (Å²) in [4.78, 5) is 4.53. The molecular weight excluding hydrogens is 389 g/mol. The first-order valence-corrected chi connectivity index (χ1v) is 8.03. The van der Waals surface area contributed by atoms with E-state index >= 15 is 0 Å². The van der Waals surface area contributed by atoms with E-state index < -0.39 is 0 Å². The van der Waals surface area contributed by atoms with Gasteiger partial charge in [0.2, 0.25) is 0 Å². The van der Waals surface area contributed by atoms with Gasteiger partial charge in [0, 0.05) is 9.26 Å². The zero-order chi connectivity index (χ0) is 15.5. The van der Waals surface area contributed by atoms with Gasteiger partial charge < -0.3 is 4.74 Å². The molecule has 0 aliphatic rings. The second-order valence-corrected chi connectivity index (χ2v) is 6.28. The first-order chi connectivity index (χ1) is 10.7. The van der Waals surface area contributed by atoms with Crippen molar-refractivity contribution in [2.75, 3.05) is 7.11 Å². The maximum Gasteiger partial charge on any atom is 0.166 e. The molecule has 0 fully saturated rings. The molecule has 22 heavy (non-hydrogen) atoms. The molecule has 5 heteroatoms. The van der Waals surface area contributed by atoms with Crippen molar-refractivity contribution < 1.29 is 4.74 Å². The highest BCUT2D eigenvalue weighted by molar-refractivity contribution is 14.1. The molecule has 0 saturated heterocycles. The number of rotatable bonds is 4. The van der Waals surface area contributed by atoms with E-state index in [1.54, 1.807) is 7.11 Å². The fourth-order valence-corrected chi connectivity index (χ4v) is 2.62. The van der Waals surface area contributed by atoms with E-state index in [0.717, 1.165) is 22.8 Å². The Balaban J connectivity index is 1.92. The van der Waals surface area contributed by atoms with Gasteiger partial charge in [-0.15, -0.1) is 0 Å². The zero-order valence-electron chi connectivity index (χ0n) is 12.5. The van der Waals surface area contributed by atoms with Gasteiger partial charge in [0.25, 0.3) is 0 Å². The van der Waals surface area contributed by atoms with Crippen LogP contribution in [0.5, 0.6) is 5.75 Å². The van der Waals surface area contributed by atoms with E-state index in [1.807, 2.05) is 36.0 Å². The van der Waals surface area contributed by atoms with Crippen LogP contribution in [0.25, 0.3) is 11.4 Å². The minimum absolute atomic E-state index is 0.707. The maximum absolute atomic E-state index is 5.45. The van der Waals surface area contributed by atoms with Gasteiger partial charge in [-0.1, -0.05) is 18.2 Å². The number of pyridine rings is 1. The fraction of sp³-hybridized carbons (Fsp3) is 0.176. The normalized spacial score (nSPS) is 10.7. The largest absolute Gasteiger partial charge is 0.493 e. The molecule has 0 aliphatic heterocycles. The molecule has 0 atom stereocenters. The Morgan fingerprint density at radius 2 is 1.91 bits per heavy atom. The summed E-state index contributed by atoms with van der Waals surface area (Å²) in [6.07, 6.45) is 1.91. The second kappa shape index (κ2) is 6.48. The third-order valence-corrected chi connectivity index (χ3v) is 4.06. The number of aryl methyl sites for hydroxylation is 1. The number of nitrogens with zero attached hydrogens (tertiary/aromatic N) is 3. The molecule has 1 aromatic carbocycles. The SMILES string of the molecule is COc1cn(Cc2ccc(I)cc2)nc1-c1cccc(C)n1. The number of hydrogen-bond acceptors (Lipinski definition) is 3. The summed E-state index contributed by atoms with van der Waals surface area (Å²) in [5.41, 5.74) is 3.77. The quantitative estimate of drug-likeness (QED) is 0.618. The Bertz CT molecular complexity index is 781. The molecule has 2 heterocycles. The van der Waals surface area contributed by atoms with Crippen molar-refractivity contribution in [1.29, 1.82) is 0 Å². The van der Waals surface area contributed by atoms with Crippen LogP contribution >= 0.6 is 22.6 Å². The highest BCUT2D eigenvalue weighted by Gasteiger charge is 2.13. The van der Waals surface area contributed by atoms with Crippen molar-refractivity contribution in [2.24, 2.45) is 0 Å². The van der Waals surface area contributed by atoms with Gasteiger partial charge in [0.15, 0.2) is 11.4 Å². The topological polar surface area (TPSA) is 39.9 Å². The minimum atomic E-state index is 0.707. The molecule has 3 rings (SSSR count). The molecule has 0 spiro atoms. The van der Waals surface area contributed by atoms with Gasteiger partial charge in [-0.25, -0.2) is 0 Å². The van der Waals surface area contributed by atoms with Crippen LogP contribution in [-0.4, -0.2) is 21.9 Å². The zero-order valence-corrected chi connectivity index (χ0v) is 14.6. The van der Waals surface area contributed by atoms with Crippen molar-refractivity contribution in [2.45, 2.75) is 13.5 Å². The summed E-state index contributed by atoms with van der Waals surface area (Å²) in [6, 6.07) is 14.3. The van der Waals surface area contributed by atoms with Gasteiger partial charge in [0.05, 0.1) is 25.5 Å². The van der Waals surface area contributed by atoms with Crippen LogP contribution in [0, 0.1) is 10.5 Å². The summed E-state index contributed by atoms with van der Waals surface area (Å²) in [6.45, 7) is 2.68. The average Bonchev–Trinajstić information content (AvgIpc) is 2.92. The third-order valence-electron chi connectivity index (χ3n) is 3.34. The predicted octanol–water partition coefficient (Wildman–Crippen LogP) is 3.92. The van der Waals surface area contributed by atoms with Gasteiger partial charge in [-0.2, -0.15) is 5.10 Å². The van der Waals surface area contributed by atoms with Crippen LogP contribution in [0.1, 0.15) is 11.3 Å². The van der Waals surface area contributed by atoms with E-state index in [1.165, 1.54) is 9.13 Å². The second-order valence-electron chi connectivity index (χ2n) is 5.03. The molecule has 3 aromatic rings. The molecule has 2 aromatic heterocycles. The van der Waals surface area contributed by atoms with E-state index in [2.05, 4.69) is 56.9 Å². The first kappa shape index (κ1) is 15.0. The van der Waals surface area contributed by atoms with Crippen LogP contribution in [0.15, 0.2) is 48.7 Å². The molecule has 0 N–H and O–H groups in total. The Morgan fingerprint density at radius 3 is 2.59 bits per heavy atom. The summed E-state index contributed by atoms with van der Waals surface area (Å²) in [5, 5.41) is 4.64. The molecule has 0 radical (unpaired) electrons. The fourth-order valence-electron chi connectivity index (χ4n) is 2.26. The maximum atomic E-state index is 5.45. The van der Waals surface area contributed by atoms with Crippen LogP contribution < -0.4 is 4.74 Å². The van der Waals surface area contributed by atoms with Crippen LogP contribution in [0.3, 0.4) is 0 Å². The molecule has 4 nitrogen and oxygen atoms in total. The van der Waals surface area contributed by atoms with Crippen LogP contribution in [0.4, 0.5) is 0 Å². The van der Waals surface area contributed by atoms with Crippen LogP contribution in [0.2, 0.25) is 0 Å². The van der Waals surface area contributed by atoms with Gasteiger partial charge in [-0.3, -0.25) is 9.67 Å². The molecule has 0 bridgehead atoms. The Kier molecular flexibility index (Phi) is 4.42. The molecule has 0 amide bonds. The van der Waals surface area contributed by atoms with Gasteiger partial charge in [0.1, 0.15) is 0 Å². The molecule has 0 aliphatic carbocycles. The number of aromatic nitrogens is 3.